The van der Waals surface area contributed by atoms with Crippen molar-refractivity contribution in [1.29, 1.82) is 0 Å². The van der Waals surface area contributed by atoms with Crippen molar-refractivity contribution in [1.82, 2.24) is 4.90 Å². The Hall–Kier alpha value is -3.06. The van der Waals surface area contributed by atoms with Gasteiger partial charge in [-0.2, -0.15) is 0 Å². The van der Waals surface area contributed by atoms with E-state index in [2.05, 4.69) is 67.3 Å². The van der Waals surface area contributed by atoms with Crippen molar-refractivity contribution in [3.05, 3.63) is 60.2 Å². The lowest BCUT2D eigenvalue weighted by Gasteiger charge is -2.15. The first-order chi connectivity index (χ1) is 26.4. The number of hydrogen-bond donors (Lipinski definition) is 0. The van der Waals surface area contributed by atoms with E-state index >= 15 is 0 Å². The van der Waals surface area contributed by atoms with Crippen LogP contribution in [0.1, 0.15) is 174 Å². The summed E-state index contributed by atoms with van der Waals surface area (Å²) in [5.41, 5.74) is 1.12. The minimum atomic E-state index is -0.0949. The number of carbonyl (C=O) groups is 2. The van der Waals surface area contributed by atoms with Crippen molar-refractivity contribution < 1.29 is 28.5 Å². The first kappa shape index (κ1) is 49.0. The van der Waals surface area contributed by atoms with Gasteiger partial charge in [0, 0.05) is 25.5 Å². The molecule has 0 amide bonds. The Morgan fingerprint density at radius 1 is 0.500 bits per heavy atom. The summed E-state index contributed by atoms with van der Waals surface area (Å²) >= 11 is 0. The summed E-state index contributed by atoms with van der Waals surface area (Å²) < 4.78 is 23.0. The molecular formula is C47H79NO6. The first-order valence-electron chi connectivity index (χ1n) is 21.7. The van der Waals surface area contributed by atoms with E-state index in [1.54, 1.807) is 0 Å². The molecule has 0 aliphatic heterocycles. The minimum absolute atomic E-state index is 0.0924. The fourth-order valence-corrected chi connectivity index (χ4v) is 5.93. The lowest BCUT2D eigenvalue weighted by Crippen LogP contribution is -2.11. The van der Waals surface area contributed by atoms with E-state index in [-0.39, 0.29) is 11.9 Å². The van der Waals surface area contributed by atoms with Crippen molar-refractivity contribution in [3.63, 3.8) is 0 Å². The molecule has 0 spiro atoms. The van der Waals surface area contributed by atoms with Gasteiger partial charge >= 0.3 is 11.9 Å². The molecule has 0 bridgehead atoms. The molecule has 0 saturated heterocycles. The van der Waals surface area contributed by atoms with Gasteiger partial charge in [-0.25, -0.2) is 0 Å². The largest absolute Gasteiger partial charge is 0.493 e. The van der Waals surface area contributed by atoms with E-state index in [0.717, 1.165) is 101 Å². The Morgan fingerprint density at radius 3 is 1.44 bits per heavy atom. The van der Waals surface area contributed by atoms with Gasteiger partial charge in [0.05, 0.1) is 26.4 Å². The van der Waals surface area contributed by atoms with Crippen molar-refractivity contribution in [3.8, 4) is 11.5 Å². The highest BCUT2D eigenvalue weighted by Crippen LogP contribution is 2.24. The fourth-order valence-electron chi connectivity index (χ4n) is 5.93. The molecule has 308 valence electrons. The molecule has 7 nitrogen and oxygen atoms in total. The van der Waals surface area contributed by atoms with Crippen LogP contribution in [0, 0.1) is 0 Å². The Balaban J connectivity index is 2.13. The molecule has 54 heavy (non-hydrogen) atoms. The van der Waals surface area contributed by atoms with Crippen LogP contribution in [0.25, 0.3) is 0 Å². The zero-order valence-electron chi connectivity index (χ0n) is 35.1. The number of hydrogen-bond acceptors (Lipinski definition) is 7. The molecule has 0 N–H and O–H groups in total. The number of nitrogens with zero attached hydrogens (tertiary/aromatic N) is 1. The highest BCUT2D eigenvalue weighted by molar-refractivity contribution is 5.69. The van der Waals surface area contributed by atoms with Crippen molar-refractivity contribution >= 4 is 11.9 Å². The standard InChI is InChI=1S/C47H79NO6/c1-5-7-9-11-13-15-16-17-18-19-20-22-24-26-28-34-47(50)54-38-32-30-36-52-45-40-43(42-48(3)4)39-44(41-45)51-35-29-31-37-53-46(49)33-27-25-23-21-14-12-10-8-6-2/h10,12-13,15,17-18,39-41H,5-9,11,14,16,19-38,42H2,1-4H3/b12-10-,15-13?,18-17?. The third-order valence-corrected chi connectivity index (χ3v) is 9.03. The van der Waals surface area contributed by atoms with Crippen molar-refractivity contribution in [2.45, 2.75) is 174 Å². The Bertz CT molecular complexity index is 1130. The van der Waals surface area contributed by atoms with Crippen LogP contribution in [0.15, 0.2) is 54.7 Å². The number of allylic oxidation sites excluding steroid dienone is 6. The van der Waals surface area contributed by atoms with E-state index in [1.165, 1.54) is 64.2 Å². The molecular weight excluding hydrogens is 675 g/mol. The fraction of sp³-hybridized carbons (Fsp3) is 0.702. The van der Waals surface area contributed by atoms with E-state index in [4.69, 9.17) is 18.9 Å². The quantitative estimate of drug-likeness (QED) is 0.0380. The number of carbonyl (C=O) groups excluding carboxylic acids is 2. The van der Waals surface area contributed by atoms with Gasteiger partial charge in [0.2, 0.25) is 0 Å². The summed E-state index contributed by atoms with van der Waals surface area (Å²) in [6.45, 7) is 7.19. The third kappa shape index (κ3) is 32.4. The summed E-state index contributed by atoms with van der Waals surface area (Å²) in [5, 5.41) is 0. The third-order valence-electron chi connectivity index (χ3n) is 9.03. The number of unbranched alkanes of at least 4 members (excludes halogenated alkanes) is 15. The van der Waals surface area contributed by atoms with Crippen LogP contribution < -0.4 is 9.47 Å². The molecule has 0 radical (unpaired) electrons. The lowest BCUT2D eigenvalue weighted by molar-refractivity contribution is -0.144. The molecule has 0 aromatic heterocycles. The molecule has 0 aliphatic rings. The molecule has 0 fully saturated rings. The molecule has 0 heterocycles. The molecule has 7 heteroatoms. The van der Waals surface area contributed by atoms with Crippen LogP contribution in [0.4, 0.5) is 0 Å². The van der Waals surface area contributed by atoms with Crippen molar-refractivity contribution in [2.24, 2.45) is 0 Å². The molecule has 0 unspecified atom stereocenters. The molecule has 1 aromatic rings. The minimum Gasteiger partial charge on any atom is -0.493 e. The highest BCUT2D eigenvalue weighted by Gasteiger charge is 2.07. The summed E-state index contributed by atoms with van der Waals surface area (Å²) in [5.74, 6) is 1.38. The van der Waals surface area contributed by atoms with Gasteiger partial charge in [0.15, 0.2) is 0 Å². The van der Waals surface area contributed by atoms with Crippen LogP contribution in [0.3, 0.4) is 0 Å². The van der Waals surface area contributed by atoms with Crippen LogP contribution in [0.5, 0.6) is 11.5 Å². The van der Waals surface area contributed by atoms with Crippen molar-refractivity contribution in [2.75, 3.05) is 40.5 Å². The number of rotatable bonds is 37. The number of esters is 2. The normalized spacial score (nSPS) is 11.7. The summed E-state index contributed by atoms with van der Waals surface area (Å²) in [6, 6.07) is 6.05. The maximum atomic E-state index is 12.2. The molecule has 1 rings (SSSR count). The maximum absolute atomic E-state index is 12.2. The summed E-state index contributed by atoms with van der Waals surface area (Å²) in [6.07, 6.45) is 38.6. The molecule has 1 aromatic carbocycles. The predicted octanol–water partition coefficient (Wildman–Crippen LogP) is 12.7. The first-order valence-corrected chi connectivity index (χ1v) is 21.7. The van der Waals surface area contributed by atoms with Crippen LogP contribution in [0.2, 0.25) is 0 Å². The smallest absolute Gasteiger partial charge is 0.305 e. The Kier molecular flexibility index (Phi) is 33.4. The van der Waals surface area contributed by atoms with Crippen LogP contribution in [-0.2, 0) is 25.6 Å². The van der Waals surface area contributed by atoms with Gasteiger partial charge in [-0.05, 0) is 122 Å². The second-order valence-corrected chi connectivity index (χ2v) is 14.8. The van der Waals surface area contributed by atoms with Gasteiger partial charge < -0.3 is 23.8 Å². The SMILES string of the molecule is CCC/C=C\CCCCCCC(=O)OCCCCOc1cc(CN(C)C)cc(OCCCCOC(=O)CCCCCCCC=CCC=CCCCCC)c1. The molecule has 0 saturated carbocycles. The highest BCUT2D eigenvalue weighted by atomic mass is 16.5. The monoisotopic (exact) mass is 754 g/mol. The summed E-state index contributed by atoms with van der Waals surface area (Å²) in [7, 11) is 4.08. The lowest BCUT2D eigenvalue weighted by atomic mass is 10.1. The second-order valence-electron chi connectivity index (χ2n) is 14.8. The average Bonchev–Trinajstić information content (AvgIpc) is 3.15. The van der Waals surface area contributed by atoms with Gasteiger partial charge in [-0.15, -0.1) is 0 Å². The topological polar surface area (TPSA) is 74.3 Å². The second kappa shape index (κ2) is 36.9. The van der Waals surface area contributed by atoms with E-state index in [0.29, 0.717) is 39.3 Å². The van der Waals surface area contributed by atoms with Crippen LogP contribution in [-0.4, -0.2) is 57.4 Å². The van der Waals surface area contributed by atoms with Gasteiger partial charge in [-0.1, -0.05) is 102 Å². The van der Waals surface area contributed by atoms with E-state index < -0.39 is 0 Å². The predicted molar refractivity (Wildman–Crippen MR) is 226 cm³/mol. The Labute approximate surface area is 331 Å². The molecule has 0 aliphatic carbocycles. The zero-order chi connectivity index (χ0) is 39.2. The Morgan fingerprint density at radius 2 is 0.944 bits per heavy atom. The van der Waals surface area contributed by atoms with E-state index in [9.17, 15) is 9.59 Å². The van der Waals surface area contributed by atoms with Gasteiger partial charge in [-0.3, -0.25) is 9.59 Å². The molecule has 0 atom stereocenters. The number of benzene rings is 1. The van der Waals surface area contributed by atoms with E-state index in [1.807, 2.05) is 20.2 Å². The van der Waals surface area contributed by atoms with Gasteiger partial charge in [0.1, 0.15) is 11.5 Å². The van der Waals surface area contributed by atoms with Crippen LogP contribution >= 0.6 is 0 Å². The summed E-state index contributed by atoms with van der Waals surface area (Å²) in [4.78, 5) is 26.3. The zero-order valence-corrected chi connectivity index (χ0v) is 35.1. The van der Waals surface area contributed by atoms with Gasteiger partial charge in [0.25, 0.3) is 0 Å². The average molecular weight is 754 g/mol. The maximum Gasteiger partial charge on any atom is 0.305 e. The number of ether oxygens (including phenoxy) is 4.